The van der Waals surface area contributed by atoms with Crippen LogP contribution in [0.1, 0.15) is 55.8 Å². The minimum absolute atomic E-state index is 0.00232. The second-order valence-corrected chi connectivity index (χ2v) is 7.91. The minimum Gasteiger partial charge on any atom is -0.462 e. The van der Waals surface area contributed by atoms with E-state index in [0.717, 1.165) is 11.1 Å². The molecule has 2 aromatic rings. The first-order chi connectivity index (χ1) is 12.3. The molecule has 1 aliphatic rings. The highest BCUT2D eigenvalue weighted by Gasteiger charge is 2.49. The zero-order valence-corrected chi connectivity index (χ0v) is 16.5. The van der Waals surface area contributed by atoms with E-state index >= 15 is 0 Å². The third kappa shape index (κ3) is 3.65. The number of amides is 1. The van der Waals surface area contributed by atoms with Crippen molar-refractivity contribution in [3.8, 4) is 0 Å². The van der Waals surface area contributed by atoms with Gasteiger partial charge in [-0.25, -0.2) is 0 Å². The molecule has 4 heteroatoms. The van der Waals surface area contributed by atoms with Gasteiger partial charge in [-0.2, -0.15) is 0 Å². The molecule has 0 aromatic heterocycles. The van der Waals surface area contributed by atoms with Gasteiger partial charge in [-0.1, -0.05) is 67.1 Å². The highest BCUT2D eigenvalue weighted by molar-refractivity contribution is 7.80. The van der Waals surface area contributed by atoms with Crippen LogP contribution in [0.15, 0.2) is 54.6 Å². The van der Waals surface area contributed by atoms with Crippen molar-refractivity contribution in [1.29, 1.82) is 0 Å². The standard InChI is InChI=1S/C22H25NO2S/c1-15-10-12-17(13-11-15)16(2)14-19(24)23-20(18-8-6-5-7-9-18)22(3,4)25-21(23)26/h5-13,16,20H,14H2,1-4H3/t16-,20+/m0/s1. The van der Waals surface area contributed by atoms with Crippen molar-refractivity contribution in [2.45, 2.75) is 51.7 Å². The predicted octanol–water partition coefficient (Wildman–Crippen LogP) is 5.15. The summed E-state index contributed by atoms with van der Waals surface area (Å²) in [5, 5.41) is 0.268. The first-order valence-electron chi connectivity index (χ1n) is 8.96. The maximum absolute atomic E-state index is 13.1. The van der Waals surface area contributed by atoms with Crippen molar-refractivity contribution in [3.05, 3.63) is 71.3 Å². The van der Waals surface area contributed by atoms with Gasteiger partial charge in [0.05, 0.1) is 0 Å². The lowest BCUT2D eigenvalue weighted by Gasteiger charge is -2.29. The molecule has 26 heavy (non-hydrogen) atoms. The van der Waals surface area contributed by atoms with Crippen LogP contribution >= 0.6 is 12.2 Å². The van der Waals surface area contributed by atoms with Gasteiger partial charge in [0.25, 0.3) is 5.17 Å². The highest BCUT2D eigenvalue weighted by atomic mass is 32.1. The summed E-state index contributed by atoms with van der Waals surface area (Å²) in [5.74, 6) is 0.119. The Morgan fingerprint density at radius 2 is 1.77 bits per heavy atom. The average Bonchev–Trinajstić information content (AvgIpc) is 2.84. The molecule has 0 bridgehead atoms. The summed E-state index contributed by atoms with van der Waals surface area (Å²) in [6.45, 7) is 8.10. The molecule has 0 aliphatic carbocycles. The van der Waals surface area contributed by atoms with Crippen LogP contribution in [-0.2, 0) is 9.53 Å². The minimum atomic E-state index is -0.554. The molecule has 3 nitrogen and oxygen atoms in total. The van der Waals surface area contributed by atoms with Gasteiger partial charge in [-0.15, -0.1) is 0 Å². The second-order valence-electron chi connectivity index (χ2n) is 7.56. The first-order valence-corrected chi connectivity index (χ1v) is 9.37. The maximum Gasteiger partial charge on any atom is 0.267 e. The lowest BCUT2D eigenvalue weighted by Crippen LogP contribution is -2.38. The van der Waals surface area contributed by atoms with E-state index in [1.54, 1.807) is 4.90 Å². The van der Waals surface area contributed by atoms with Crippen LogP contribution in [0.3, 0.4) is 0 Å². The van der Waals surface area contributed by atoms with E-state index in [9.17, 15) is 4.79 Å². The Hall–Kier alpha value is -2.20. The van der Waals surface area contributed by atoms with Crippen molar-refractivity contribution in [2.75, 3.05) is 0 Å². The van der Waals surface area contributed by atoms with Crippen LogP contribution in [0.5, 0.6) is 0 Å². The molecule has 0 unspecified atom stereocenters. The highest BCUT2D eigenvalue weighted by Crippen LogP contribution is 2.42. The van der Waals surface area contributed by atoms with E-state index in [0.29, 0.717) is 6.42 Å². The fourth-order valence-electron chi connectivity index (χ4n) is 3.55. The van der Waals surface area contributed by atoms with Crippen LogP contribution in [-0.4, -0.2) is 21.6 Å². The van der Waals surface area contributed by atoms with Crippen LogP contribution in [0.4, 0.5) is 0 Å². The van der Waals surface area contributed by atoms with E-state index < -0.39 is 5.60 Å². The van der Waals surface area contributed by atoms with Crippen LogP contribution in [0.25, 0.3) is 0 Å². The number of ether oxygens (including phenoxy) is 1. The molecule has 1 saturated heterocycles. The zero-order valence-electron chi connectivity index (χ0n) is 15.7. The number of aryl methyl sites for hydroxylation is 1. The zero-order chi connectivity index (χ0) is 18.9. The molecule has 3 rings (SSSR count). The SMILES string of the molecule is Cc1ccc([C@@H](C)CC(=O)N2C(=S)OC(C)(C)[C@H]2c2ccccc2)cc1. The topological polar surface area (TPSA) is 29.5 Å². The fourth-order valence-corrected chi connectivity index (χ4v) is 3.97. The van der Waals surface area contributed by atoms with Crippen molar-refractivity contribution in [3.63, 3.8) is 0 Å². The first kappa shape index (κ1) is 18.6. The van der Waals surface area contributed by atoms with E-state index in [4.69, 9.17) is 17.0 Å². The smallest absolute Gasteiger partial charge is 0.267 e. The molecule has 0 saturated carbocycles. The monoisotopic (exact) mass is 367 g/mol. The average molecular weight is 368 g/mol. The Labute approximate surface area is 161 Å². The number of nitrogens with zero attached hydrogens (tertiary/aromatic N) is 1. The second kappa shape index (κ2) is 7.20. The number of hydrogen-bond acceptors (Lipinski definition) is 3. The van der Waals surface area contributed by atoms with Gasteiger partial charge < -0.3 is 4.74 Å². The Morgan fingerprint density at radius 3 is 2.38 bits per heavy atom. The molecule has 0 N–H and O–H groups in total. The van der Waals surface area contributed by atoms with Gasteiger partial charge >= 0.3 is 0 Å². The number of thiocarbonyl (C=S) groups is 1. The summed E-state index contributed by atoms with van der Waals surface area (Å²) in [6, 6.07) is 18.1. The van der Waals surface area contributed by atoms with E-state index in [1.165, 1.54) is 5.56 Å². The lowest BCUT2D eigenvalue weighted by molar-refractivity contribution is -0.129. The predicted molar refractivity (Wildman–Crippen MR) is 108 cm³/mol. The summed E-state index contributed by atoms with van der Waals surface area (Å²) >= 11 is 5.41. The van der Waals surface area contributed by atoms with Gasteiger partial charge in [-0.3, -0.25) is 9.69 Å². The van der Waals surface area contributed by atoms with Gasteiger partial charge in [0.2, 0.25) is 5.91 Å². The van der Waals surface area contributed by atoms with E-state index in [1.807, 2.05) is 44.2 Å². The fraction of sp³-hybridized carbons (Fsp3) is 0.364. The maximum atomic E-state index is 13.1. The summed E-state index contributed by atoms with van der Waals surface area (Å²) in [6.07, 6.45) is 0.395. The molecule has 2 atom stereocenters. The van der Waals surface area contributed by atoms with Crippen LogP contribution in [0, 0.1) is 6.92 Å². The Kier molecular flexibility index (Phi) is 5.15. The molecule has 136 valence electrons. The van der Waals surface area contributed by atoms with Gasteiger partial charge in [0.1, 0.15) is 11.6 Å². The molecule has 1 aliphatic heterocycles. The van der Waals surface area contributed by atoms with E-state index in [-0.39, 0.29) is 23.0 Å². The molecular weight excluding hydrogens is 342 g/mol. The van der Waals surface area contributed by atoms with Gasteiger partial charge in [-0.05, 0) is 50.0 Å². The number of carbonyl (C=O) groups excluding carboxylic acids is 1. The number of hydrogen-bond donors (Lipinski definition) is 0. The third-order valence-corrected chi connectivity index (χ3v) is 5.25. The summed E-state index contributed by atoms with van der Waals surface area (Å²) < 4.78 is 5.89. The molecule has 0 radical (unpaired) electrons. The number of benzene rings is 2. The van der Waals surface area contributed by atoms with Crippen LogP contribution < -0.4 is 0 Å². The third-order valence-electron chi connectivity index (χ3n) is 4.97. The quantitative estimate of drug-likeness (QED) is 0.700. The molecular formula is C22H25NO2S. The normalized spacial score (nSPS) is 19.9. The molecule has 1 fully saturated rings. The Balaban J connectivity index is 1.84. The Morgan fingerprint density at radius 1 is 1.15 bits per heavy atom. The van der Waals surface area contributed by atoms with Crippen LogP contribution in [0.2, 0.25) is 0 Å². The summed E-state index contributed by atoms with van der Waals surface area (Å²) in [5.41, 5.74) is 2.85. The van der Waals surface area contributed by atoms with Crippen molar-refractivity contribution >= 4 is 23.3 Å². The lowest BCUT2D eigenvalue weighted by atomic mass is 9.90. The summed E-state index contributed by atoms with van der Waals surface area (Å²) in [4.78, 5) is 14.8. The van der Waals surface area contributed by atoms with Gasteiger partial charge in [0, 0.05) is 6.42 Å². The molecule has 0 spiro atoms. The number of rotatable bonds is 4. The van der Waals surface area contributed by atoms with Crippen molar-refractivity contribution < 1.29 is 9.53 Å². The van der Waals surface area contributed by atoms with Crippen molar-refractivity contribution in [1.82, 2.24) is 4.90 Å². The number of carbonyl (C=O) groups is 1. The Bertz CT molecular complexity index is 799. The van der Waals surface area contributed by atoms with Crippen molar-refractivity contribution in [2.24, 2.45) is 0 Å². The largest absolute Gasteiger partial charge is 0.462 e. The molecule has 1 amide bonds. The molecule has 2 aromatic carbocycles. The molecule has 1 heterocycles. The van der Waals surface area contributed by atoms with Gasteiger partial charge in [0.15, 0.2) is 0 Å². The summed E-state index contributed by atoms with van der Waals surface area (Å²) in [7, 11) is 0. The van der Waals surface area contributed by atoms with E-state index in [2.05, 4.69) is 38.1 Å².